The van der Waals surface area contributed by atoms with Gasteiger partial charge in [-0.15, -0.1) is 0 Å². The van der Waals surface area contributed by atoms with Gasteiger partial charge in [-0.2, -0.15) is 0 Å². The van der Waals surface area contributed by atoms with Crippen LogP contribution in [0.1, 0.15) is 45.4 Å². The van der Waals surface area contributed by atoms with E-state index < -0.39 is 0 Å². The first kappa shape index (κ1) is 17.0. The van der Waals surface area contributed by atoms with Crippen molar-refractivity contribution in [3.05, 3.63) is 11.6 Å². The molecule has 1 aliphatic heterocycles. The molecule has 1 N–H and O–H groups in total. The van der Waals surface area contributed by atoms with Crippen molar-refractivity contribution in [3.8, 4) is 0 Å². The molecule has 0 saturated carbocycles. The Balaban J connectivity index is 1.54. The maximum absolute atomic E-state index is 11.9. The van der Waals surface area contributed by atoms with Crippen LogP contribution in [0.3, 0.4) is 0 Å². The normalized spacial score (nSPS) is 19.7. The fraction of sp³-hybridized carbons (Fsp3) is 0.765. The van der Waals surface area contributed by atoms with Crippen LogP contribution in [0.2, 0.25) is 0 Å². The van der Waals surface area contributed by atoms with Crippen LogP contribution in [0.5, 0.6) is 0 Å². The van der Waals surface area contributed by atoms with Gasteiger partial charge in [-0.1, -0.05) is 11.6 Å². The fourth-order valence-electron chi connectivity index (χ4n) is 3.13. The lowest BCUT2D eigenvalue weighted by molar-refractivity contribution is -0.131. The van der Waals surface area contributed by atoms with Gasteiger partial charge in [-0.05, 0) is 32.1 Å². The van der Waals surface area contributed by atoms with Crippen LogP contribution < -0.4 is 5.32 Å². The van der Waals surface area contributed by atoms with Gasteiger partial charge < -0.3 is 10.2 Å². The summed E-state index contributed by atoms with van der Waals surface area (Å²) in [5.41, 5.74) is 1.51. The van der Waals surface area contributed by atoms with Gasteiger partial charge in [0.05, 0.1) is 0 Å². The Kier molecular flexibility index (Phi) is 6.90. The molecule has 124 valence electrons. The quantitative estimate of drug-likeness (QED) is 0.758. The van der Waals surface area contributed by atoms with Crippen molar-refractivity contribution in [3.63, 3.8) is 0 Å². The van der Waals surface area contributed by atoms with E-state index in [0.717, 1.165) is 45.7 Å². The first-order valence-electron chi connectivity index (χ1n) is 8.57. The minimum Gasteiger partial charge on any atom is -0.356 e. The van der Waals surface area contributed by atoms with E-state index >= 15 is 0 Å². The van der Waals surface area contributed by atoms with E-state index in [1.807, 2.05) is 4.90 Å². The molecule has 1 heterocycles. The zero-order valence-corrected chi connectivity index (χ0v) is 13.8. The Morgan fingerprint density at radius 2 is 1.95 bits per heavy atom. The van der Waals surface area contributed by atoms with E-state index in [2.05, 4.69) is 16.3 Å². The molecule has 2 rings (SSSR count). The number of allylic oxidation sites excluding steroid dienone is 1. The van der Waals surface area contributed by atoms with Crippen LogP contribution in [-0.2, 0) is 9.59 Å². The average Bonchev–Trinajstić information content (AvgIpc) is 2.54. The smallest absolute Gasteiger partial charge is 0.221 e. The molecular weight excluding hydrogens is 278 g/mol. The summed E-state index contributed by atoms with van der Waals surface area (Å²) in [6, 6.07) is 0. The highest BCUT2D eigenvalue weighted by Crippen LogP contribution is 2.19. The highest BCUT2D eigenvalue weighted by molar-refractivity contribution is 5.76. The second kappa shape index (κ2) is 8.93. The highest BCUT2D eigenvalue weighted by atomic mass is 16.2. The van der Waals surface area contributed by atoms with Crippen LogP contribution in [0, 0.1) is 0 Å². The molecule has 0 radical (unpaired) electrons. The van der Waals surface area contributed by atoms with E-state index in [1.54, 1.807) is 6.92 Å². The third-order valence-corrected chi connectivity index (χ3v) is 4.63. The molecule has 0 aromatic rings. The van der Waals surface area contributed by atoms with Gasteiger partial charge in [0.25, 0.3) is 0 Å². The van der Waals surface area contributed by atoms with Crippen molar-refractivity contribution in [2.75, 3.05) is 39.3 Å². The second-order valence-corrected chi connectivity index (χ2v) is 6.31. The molecule has 1 aliphatic carbocycles. The van der Waals surface area contributed by atoms with Crippen molar-refractivity contribution in [1.82, 2.24) is 15.1 Å². The summed E-state index contributed by atoms with van der Waals surface area (Å²) >= 11 is 0. The van der Waals surface area contributed by atoms with Crippen LogP contribution >= 0.6 is 0 Å². The molecule has 2 aliphatic rings. The standard InChI is InChI=1S/C17H29N3O2/c1-15(21)20-13-11-19(12-14-20)10-8-17(22)18-9-7-16-5-3-2-4-6-16/h5H,2-4,6-14H2,1H3,(H,18,22). The minimum absolute atomic E-state index is 0.144. The van der Waals surface area contributed by atoms with Gasteiger partial charge in [0.2, 0.25) is 11.8 Å². The second-order valence-electron chi connectivity index (χ2n) is 6.31. The van der Waals surface area contributed by atoms with Crippen molar-refractivity contribution >= 4 is 11.8 Å². The number of carbonyl (C=O) groups is 2. The Labute approximate surface area is 133 Å². The maximum Gasteiger partial charge on any atom is 0.221 e. The summed E-state index contributed by atoms with van der Waals surface area (Å²) in [5.74, 6) is 0.291. The summed E-state index contributed by atoms with van der Waals surface area (Å²) in [7, 11) is 0. The lowest BCUT2D eigenvalue weighted by atomic mass is 9.97. The number of amides is 2. The number of hydrogen-bond donors (Lipinski definition) is 1. The summed E-state index contributed by atoms with van der Waals surface area (Å²) in [6.07, 6.45) is 8.91. The average molecular weight is 307 g/mol. The summed E-state index contributed by atoms with van der Waals surface area (Å²) in [5, 5.41) is 3.03. The van der Waals surface area contributed by atoms with E-state index in [4.69, 9.17) is 0 Å². The van der Waals surface area contributed by atoms with Gasteiger partial charge in [0.15, 0.2) is 0 Å². The third-order valence-electron chi connectivity index (χ3n) is 4.63. The van der Waals surface area contributed by atoms with E-state index in [0.29, 0.717) is 6.42 Å². The molecule has 22 heavy (non-hydrogen) atoms. The van der Waals surface area contributed by atoms with E-state index in [1.165, 1.54) is 31.3 Å². The van der Waals surface area contributed by atoms with Crippen molar-refractivity contribution in [1.29, 1.82) is 0 Å². The Bertz CT molecular complexity index is 412. The molecule has 5 heteroatoms. The lowest BCUT2D eigenvalue weighted by Gasteiger charge is -2.34. The number of nitrogens with zero attached hydrogens (tertiary/aromatic N) is 2. The molecule has 0 aromatic heterocycles. The van der Waals surface area contributed by atoms with Crippen LogP contribution in [0.15, 0.2) is 11.6 Å². The number of hydrogen-bond acceptors (Lipinski definition) is 3. The van der Waals surface area contributed by atoms with Crippen LogP contribution in [0.25, 0.3) is 0 Å². The molecule has 5 nitrogen and oxygen atoms in total. The van der Waals surface area contributed by atoms with Gasteiger partial charge in [0, 0.05) is 52.6 Å². The predicted molar refractivity (Wildman–Crippen MR) is 87.5 cm³/mol. The molecule has 2 amide bonds. The highest BCUT2D eigenvalue weighted by Gasteiger charge is 2.18. The van der Waals surface area contributed by atoms with Crippen molar-refractivity contribution in [2.45, 2.75) is 45.4 Å². The molecule has 0 aromatic carbocycles. The first-order chi connectivity index (χ1) is 10.6. The SMILES string of the molecule is CC(=O)N1CCN(CCC(=O)NCCC2=CCCCC2)CC1. The van der Waals surface area contributed by atoms with Gasteiger partial charge >= 0.3 is 0 Å². The maximum atomic E-state index is 11.9. The summed E-state index contributed by atoms with van der Waals surface area (Å²) in [6.45, 7) is 6.49. The lowest BCUT2D eigenvalue weighted by Crippen LogP contribution is -2.48. The largest absolute Gasteiger partial charge is 0.356 e. The number of nitrogens with one attached hydrogen (secondary N) is 1. The number of piperazine rings is 1. The van der Waals surface area contributed by atoms with Crippen molar-refractivity contribution < 1.29 is 9.59 Å². The number of rotatable bonds is 6. The number of carbonyl (C=O) groups excluding carboxylic acids is 2. The summed E-state index contributed by atoms with van der Waals surface area (Å²) in [4.78, 5) is 27.3. The molecule has 0 atom stereocenters. The van der Waals surface area contributed by atoms with Crippen LogP contribution in [-0.4, -0.2) is 60.9 Å². The zero-order valence-electron chi connectivity index (χ0n) is 13.8. The zero-order chi connectivity index (χ0) is 15.8. The van der Waals surface area contributed by atoms with Gasteiger partial charge in [0.1, 0.15) is 0 Å². The minimum atomic E-state index is 0.144. The Hall–Kier alpha value is -1.36. The van der Waals surface area contributed by atoms with E-state index in [9.17, 15) is 9.59 Å². The van der Waals surface area contributed by atoms with Gasteiger partial charge in [-0.3, -0.25) is 14.5 Å². The summed E-state index contributed by atoms with van der Waals surface area (Å²) < 4.78 is 0. The molecule has 1 saturated heterocycles. The molecule has 0 spiro atoms. The predicted octanol–water partition coefficient (Wildman–Crippen LogP) is 1.55. The molecule has 0 bridgehead atoms. The molecule has 0 unspecified atom stereocenters. The van der Waals surface area contributed by atoms with Crippen molar-refractivity contribution in [2.24, 2.45) is 0 Å². The van der Waals surface area contributed by atoms with E-state index in [-0.39, 0.29) is 11.8 Å². The molecule has 1 fully saturated rings. The van der Waals surface area contributed by atoms with Crippen LogP contribution in [0.4, 0.5) is 0 Å². The monoisotopic (exact) mass is 307 g/mol. The Morgan fingerprint density at radius 3 is 2.59 bits per heavy atom. The van der Waals surface area contributed by atoms with Gasteiger partial charge in [-0.25, -0.2) is 0 Å². The third kappa shape index (κ3) is 5.79. The Morgan fingerprint density at radius 1 is 1.18 bits per heavy atom. The first-order valence-corrected chi connectivity index (χ1v) is 8.57. The molecular formula is C17H29N3O2. The fourth-order valence-corrected chi connectivity index (χ4v) is 3.13. The topological polar surface area (TPSA) is 52.7 Å².